The molecule has 5 nitrogen and oxygen atoms in total. The van der Waals surface area contributed by atoms with Gasteiger partial charge in [-0.3, -0.25) is 4.98 Å². The summed E-state index contributed by atoms with van der Waals surface area (Å²) in [4.78, 5) is 17.9. The Bertz CT molecular complexity index is 964. The highest BCUT2D eigenvalue weighted by atomic mass is 32.1. The molecule has 25 heavy (non-hydrogen) atoms. The zero-order valence-corrected chi connectivity index (χ0v) is 15.1. The van der Waals surface area contributed by atoms with E-state index in [4.69, 9.17) is 4.98 Å². The van der Waals surface area contributed by atoms with E-state index in [1.54, 1.807) is 35.1 Å². The molecule has 0 unspecified atom stereocenters. The van der Waals surface area contributed by atoms with Crippen LogP contribution < -0.4 is 5.32 Å². The molecule has 4 heterocycles. The quantitative estimate of drug-likeness (QED) is 0.558. The van der Waals surface area contributed by atoms with Crippen LogP contribution in [-0.2, 0) is 6.54 Å². The number of thiazole rings is 1. The lowest BCUT2D eigenvalue weighted by Gasteiger charge is -2.09. The van der Waals surface area contributed by atoms with Crippen LogP contribution in [0.1, 0.15) is 11.3 Å². The Kier molecular flexibility index (Phi) is 4.49. The van der Waals surface area contributed by atoms with Gasteiger partial charge in [0.05, 0.1) is 0 Å². The molecule has 0 aromatic carbocycles. The van der Waals surface area contributed by atoms with Gasteiger partial charge in [0.25, 0.3) is 0 Å². The summed E-state index contributed by atoms with van der Waals surface area (Å²) in [6.07, 6.45) is 5.43. The fourth-order valence-electron chi connectivity index (χ4n) is 2.40. The smallest absolute Gasteiger partial charge is 0.223 e. The molecule has 124 valence electrons. The third-order valence-corrected chi connectivity index (χ3v) is 5.29. The number of hydrogen-bond donors (Lipinski definition) is 1. The molecule has 0 spiro atoms. The molecule has 4 rings (SSSR count). The van der Waals surface area contributed by atoms with Crippen molar-refractivity contribution in [3.63, 3.8) is 0 Å². The molecule has 0 amide bonds. The number of anilines is 1. The summed E-state index contributed by atoms with van der Waals surface area (Å²) in [6.45, 7) is 2.64. The molecule has 4 aromatic heterocycles. The topological polar surface area (TPSA) is 63.6 Å². The fraction of sp³-hybridized carbons (Fsp3) is 0.111. The summed E-state index contributed by atoms with van der Waals surface area (Å²) in [5.41, 5.74) is 5.12. The minimum Gasteiger partial charge on any atom is -0.350 e. The Morgan fingerprint density at radius 3 is 2.68 bits per heavy atom. The second-order valence-electron chi connectivity index (χ2n) is 5.47. The van der Waals surface area contributed by atoms with Crippen molar-refractivity contribution in [2.24, 2.45) is 0 Å². The van der Waals surface area contributed by atoms with Gasteiger partial charge in [0.1, 0.15) is 10.7 Å². The van der Waals surface area contributed by atoms with Crippen molar-refractivity contribution >= 4 is 28.6 Å². The monoisotopic (exact) mass is 365 g/mol. The third kappa shape index (κ3) is 3.57. The van der Waals surface area contributed by atoms with Crippen LogP contribution in [0.25, 0.3) is 21.8 Å². The largest absolute Gasteiger partial charge is 0.350 e. The molecule has 0 saturated carbocycles. The standard InChI is InChI=1S/C18H15N5S2/c1-12-10-25-17(22-12)16-15(14-4-7-24-11-14)9-21-18(23-16)20-8-13-2-5-19-6-3-13/h2-7,9-11H,8H2,1H3,(H,20,21,23). The number of aromatic nitrogens is 4. The number of nitrogens with one attached hydrogen (secondary N) is 1. The van der Waals surface area contributed by atoms with Crippen molar-refractivity contribution in [1.82, 2.24) is 19.9 Å². The van der Waals surface area contributed by atoms with E-state index in [9.17, 15) is 0 Å². The number of hydrogen-bond acceptors (Lipinski definition) is 7. The van der Waals surface area contributed by atoms with E-state index in [-0.39, 0.29) is 0 Å². The molecule has 1 N–H and O–H groups in total. The number of thiophene rings is 1. The van der Waals surface area contributed by atoms with E-state index in [0.29, 0.717) is 12.5 Å². The van der Waals surface area contributed by atoms with Crippen LogP contribution >= 0.6 is 22.7 Å². The molecule has 0 aliphatic carbocycles. The van der Waals surface area contributed by atoms with Crippen molar-refractivity contribution in [2.75, 3.05) is 5.32 Å². The van der Waals surface area contributed by atoms with Crippen molar-refractivity contribution in [3.05, 3.63) is 64.2 Å². The molecule has 0 fully saturated rings. The van der Waals surface area contributed by atoms with Crippen LogP contribution in [0.5, 0.6) is 0 Å². The van der Waals surface area contributed by atoms with Gasteiger partial charge in [-0.25, -0.2) is 15.0 Å². The van der Waals surface area contributed by atoms with Crippen molar-refractivity contribution in [2.45, 2.75) is 13.5 Å². The van der Waals surface area contributed by atoms with E-state index in [2.05, 4.69) is 37.1 Å². The van der Waals surface area contributed by atoms with Gasteiger partial charge in [-0.2, -0.15) is 11.3 Å². The van der Waals surface area contributed by atoms with Gasteiger partial charge in [-0.1, -0.05) is 0 Å². The number of aryl methyl sites for hydroxylation is 1. The van der Waals surface area contributed by atoms with Crippen LogP contribution in [-0.4, -0.2) is 19.9 Å². The zero-order chi connectivity index (χ0) is 17.1. The maximum atomic E-state index is 4.74. The lowest BCUT2D eigenvalue weighted by atomic mass is 10.1. The highest BCUT2D eigenvalue weighted by molar-refractivity contribution is 7.13. The number of rotatable bonds is 5. The van der Waals surface area contributed by atoms with Gasteiger partial charge in [-0.15, -0.1) is 11.3 Å². The van der Waals surface area contributed by atoms with Gasteiger partial charge in [0.2, 0.25) is 5.95 Å². The van der Waals surface area contributed by atoms with Crippen LogP contribution in [0.15, 0.2) is 52.9 Å². The first-order valence-corrected chi connectivity index (χ1v) is 9.57. The van der Waals surface area contributed by atoms with Gasteiger partial charge >= 0.3 is 0 Å². The number of pyridine rings is 1. The minimum absolute atomic E-state index is 0.596. The average molecular weight is 365 g/mol. The third-order valence-electron chi connectivity index (χ3n) is 3.64. The molecule has 4 aromatic rings. The lowest BCUT2D eigenvalue weighted by molar-refractivity contribution is 1.05. The number of nitrogens with zero attached hydrogens (tertiary/aromatic N) is 4. The predicted octanol–water partition coefficient (Wildman–Crippen LogP) is 4.64. The van der Waals surface area contributed by atoms with Gasteiger partial charge < -0.3 is 5.32 Å². The SMILES string of the molecule is Cc1csc(-c2nc(NCc3ccncc3)ncc2-c2ccsc2)n1. The maximum absolute atomic E-state index is 4.74. The molecular weight excluding hydrogens is 350 g/mol. The zero-order valence-electron chi connectivity index (χ0n) is 13.5. The summed E-state index contributed by atoms with van der Waals surface area (Å²) in [7, 11) is 0. The fourth-order valence-corrected chi connectivity index (χ4v) is 3.86. The average Bonchev–Trinajstić information content (AvgIpc) is 3.32. The summed E-state index contributed by atoms with van der Waals surface area (Å²) < 4.78 is 0. The van der Waals surface area contributed by atoms with E-state index in [0.717, 1.165) is 33.1 Å². The summed E-state index contributed by atoms with van der Waals surface area (Å²) in [5, 5.41) is 10.4. The molecule has 0 bridgehead atoms. The first kappa shape index (κ1) is 15.9. The van der Waals surface area contributed by atoms with E-state index >= 15 is 0 Å². The molecule has 0 aliphatic rings. The van der Waals surface area contributed by atoms with E-state index in [1.807, 2.05) is 30.6 Å². The second kappa shape index (κ2) is 7.08. The Hall–Kier alpha value is -2.64. The van der Waals surface area contributed by atoms with Crippen LogP contribution in [0.4, 0.5) is 5.95 Å². The van der Waals surface area contributed by atoms with Crippen LogP contribution in [0, 0.1) is 6.92 Å². The van der Waals surface area contributed by atoms with Gasteiger partial charge in [-0.05, 0) is 47.0 Å². The lowest BCUT2D eigenvalue weighted by Crippen LogP contribution is -2.05. The highest BCUT2D eigenvalue weighted by Crippen LogP contribution is 2.33. The first-order chi connectivity index (χ1) is 12.3. The molecule has 0 aliphatic heterocycles. The van der Waals surface area contributed by atoms with Crippen molar-refractivity contribution < 1.29 is 0 Å². The van der Waals surface area contributed by atoms with Crippen molar-refractivity contribution in [1.29, 1.82) is 0 Å². The van der Waals surface area contributed by atoms with Crippen molar-refractivity contribution in [3.8, 4) is 21.8 Å². The summed E-state index contributed by atoms with van der Waals surface area (Å²) in [6, 6.07) is 6.02. The molecule has 0 radical (unpaired) electrons. The van der Waals surface area contributed by atoms with E-state index < -0.39 is 0 Å². The Labute approximate surface area is 153 Å². The van der Waals surface area contributed by atoms with Crippen LogP contribution in [0.2, 0.25) is 0 Å². The summed E-state index contributed by atoms with van der Waals surface area (Å²) >= 11 is 3.26. The first-order valence-electron chi connectivity index (χ1n) is 7.74. The molecule has 0 saturated heterocycles. The normalized spacial score (nSPS) is 10.8. The minimum atomic E-state index is 0.596. The van der Waals surface area contributed by atoms with Crippen LogP contribution in [0.3, 0.4) is 0 Å². The van der Waals surface area contributed by atoms with Gasteiger partial charge in [0, 0.05) is 41.8 Å². The highest BCUT2D eigenvalue weighted by Gasteiger charge is 2.14. The Balaban J connectivity index is 1.68. The Morgan fingerprint density at radius 1 is 1.08 bits per heavy atom. The predicted molar refractivity (Wildman–Crippen MR) is 103 cm³/mol. The summed E-state index contributed by atoms with van der Waals surface area (Å²) in [5.74, 6) is 0.596. The molecule has 0 atom stereocenters. The van der Waals surface area contributed by atoms with Gasteiger partial charge in [0.15, 0.2) is 0 Å². The van der Waals surface area contributed by atoms with E-state index in [1.165, 1.54) is 0 Å². The second-order valence-corrected chi connectivity index (χ2v) is 7.11. The molecular formula is C18H15N5S2. The molecule has 7 heteroatoms. The maximum Gasteiger partial charge on any atom is 0.223 e. The Morgan fingerprint density at radius 2 is 1.96 bits per heavy atom.